The molecule has 0 aromatic heterocycles. The highest BCUT2D eigenvalue weighted by atomic mass is 35.5. The zero-order valence-corrected chi connectivity index (χ0v) is 11.9. The van der Waals surface area contributed by atoms with Crippen molar-refractivity contribution >= 4 is 29.2 Å². The molecular formula is C13H14ClF2NO3. The molecule has 0 aliphatic heterocycles. The predicted octanol–water partition coefficient (Wildman–Crippen LogP) is 3.41. The van der Waals surface area contributed by atoms with Crippen molar-refractivity contribution in [3.63, 3.8) is 0 Å². The average molecular weight is 306 g/mol. The maximum atomic E-state index is 12.5. The summed E-state index contributed by atoms with van der Waals surface area (Å²) in [6.07, 6.45) is 0. The topological polar surface area (TPSA) is 55.4 Å². The lowest BCUT2D eigenvalue weighted by Gasteiger charge is -2.19. The number of ether oxygens (including phenoxy) is 1. The van der Waals surface area contributed by atoms with E-state index < -0.39 is 22.9 Å². The summed E-state index contributed by atoms with van der Waals surface area (Å²) in [5, 5.41) is -2.10. The molecule has 0 spiro atoms. The fraction of sp³-hybridized carbons (Fsp3) is 0.385. The summed E-state index contributed by atoms with van der Waals surface area (Å²) in [7, 11) is 0. The Morgan fingerprint density at radius 3 is 2.35 bits per heavy atom. The third-order valence-corrected chi connectivity index (χ3v) is 2.18. The summed E-state index contributed by atoms with van der Waals surface area (Å²) in [6, 6.07) is 5.47. The molecule has 0 fully saturated rings. The second kappa shape index (κ2) is 5.75. The van der Waals surface area contributed by atoms with Gasteiger partial charge in [-0.3, -0.25) is 4.79 Å². The number of halogens is 3. The molecule has 1 aromatic rings. The summed E-state index contributed by atoms with van der Waals surface area (Å²) >= 11 is 4.59. The van der Waals surface area contributed by atoms with Crippen molar-refractivity contribution in [3.8, 4) is 0 Å². The Kier molecular flexibility index (Phi) is 4.70. The Labute approximate surface area is 120 Å². The molecule has 0 atom stereocenters. The van der Waals surface area contributed by atoms with E-state index in [1.807, 2.05) is 5.32 Å². The van der Waals surface area contributed by atoms with Gasteiger partial charge in [0.15, 0.2) is 0 Å². The fourth-order valence-electron chi connectivity index (χ4n) is 1.26. The van der Waals surface area contributed by atoms with E-state index in [2.05, 4.69) is 11.6 Å². The Balaban J connectivity index is 2.86. The molecule has 0 radical (unpaired) electrons. The molecule has 20 heavy (non-hydrogen) atoms. The van der Waals surface area contributed by atoms with Crippen LogP contribution in [0.15, 0.2) is 24.3 Å². The van der Waals surface area contributed by atoms with Crippen LogP contribution in [0.4, 0.5) is 14.5 Å². The van der Waals surface area contributed by atoms with E-state index in [0.29, 0.717) is 0 Å². The van der Waals surface area contributed by atoms with Crippen molar-refractivity contribution in [1.29, 1.82) is 0 Å². The molecule has 0 unspecified atom stereocenters. The molecule has 1 aromatic carbocycles. The smallest absolute Gasteiger partial charge is 0.400 e. The Hall–Kier alpha value is -1.69. The summed E-state index contributed by atoms with van der Waals surface area (Å²) in [4.78, 5) is 22.8. The summed E-state index contributed by atoms with van der Waals surface area (Å²) in [5.41, 5.74) is -0.520. The van der Waals surface area contributed by atoms with Gasteiger partial charge in [0, 0.05) is 5.69 Å². The van der Waals surface area contributed by atoms with Crippen LogP contribution in [0.3, 0.4) is 0 Å². The molecule has 7 heteroatoms. The van der Waals surface area contributed by atoms with Gasteiger partial charge in [0.1, 0.15) is 5.60 Å². The summed E-state index contributed by atoms with van der Waals surface area (Å²) in [6.45, 7) is 5.10. The lowest BCUT2D eigenvalue weighted by atomic mass is 10.1. The average Bonchev–Trinajstić information content (AvgIpc) is 2.25. The van der Waals surface area contributed by atoms with Gasteiger partial charge < -0.3 is 10.1 Å². The number of nitrogens with one attached hydrogen (secondary N) is 1. The number of rotatable bonds is 3. The van der Waals surface area contributed by atoms with Gasteiger partial charge in [-0.15, -0.1) is 0 Å². The van der Waals surface area contributed by atoms with Crippen LogP contribution in [0.25, 0.3) is 0 Å². The molecule has 110 valence electrons. The second-order valence-electron chi connectivity index (χ2n) is 5.03. The maximum Gasteiger partial charge on any atom is 0.400 e. The molecule has 0 saturated carbocycles. The summed E-state index contributed by atoms with van der Waals surface area (Å²) in [5.74, 6) is -2.29. The van der Waals surface area contributed by atoms with Gasteiger partial charge >= 0.3 is 17.3 Å². The van der Waals surface area contributed by atoms with Crippen LogP contribution in [-0.4, -0.2) is 22.9 Å². The molecule has 0 saturated heterocycles. The number of benzene rings is 1. The Morgan fingerprint density at radius 2 is 1.85 bits per heavy atom. The number of hydrogen-bond acceptors (Lipinski definition) is 3. The van der Waals surface area contributed by atoms with Crippen molar-refractivity contribution in [2.24, 2.45) is 0 Å². The zero-order valence-electron chi connectivity index (χ0n) is 11.2. The largest absolute Gasteiger partial charge is 0.456 e. The SMILES string of the molecule is CC(C)(C)OC(=O)c1cccc(NC(=O)C(F)(F)Cl)c1. The number of carbonyl (C=O) groups excluding carboxylic acids is 2. The lowest BCUT2D eigenvalue weighted by Crippen LogP contribution is -2.29. The van der Waals surface area contributed by atoms with Gasteiger partial charge in [-0.25, -0.2) is 4.79 Å². The van der Waals surface area contributed by atoms with E-state index in [-0.39, 0.29) is 11.3 Å². The first kappa shape index (κ1) is 16.4. The van der Waals surface area contributed by atoms with Crippen LogP contribution in [-0.2, 0) is 9.53 Å². The number of esters is 1. The monoisotopic (exact) mass is 305 g/mol. The normalized spacial score (nSPS) is 11.9. The van der Waals surface area contributed by atoms with Crippen LogP contribution >= 0.6 is 11.6 Å². The van der Waals surface area contributed by atoms with Crippen LogP contribution in [0, 0.1) is 0 Å². The van der Waals surface area contributed by atoms with Crippen LogP contribution < -0.4 is 5.32 Å². The quantitative estimate of drug-likeness (QED) is 0.688. The van der Waals surface area contributed by atoms with E-state index in [1.54, 1.807) is 20.8 Å². The van der Waals surface area contributed by atoms with Crippen molar-refractivity contribution < 1.29 is 23.1 Å². The third-order valence-electron chi connectivity index (χ3n) is 2.01. The highest BCUT2D eigenvalue weighted by Gasteiger charge is 2.35. The molecule has 1 N–H and O–H groups in total. The van der Waals surface area contributed by atoms with Crippen molar-refractivity contribution in [2.45, 2.75) is 31.8 Å². The first-order valence-electron chi connectivity index (χ1n) is 5.70. The number of anilines is 1. The van der Waals surface area contributed by atoms with Crippen LogP contribution in [0.5, 0.6) is 0 Å². The second-order valence-corrected chi connectivity index (χ2v) is 5.51. The van der Waals surface area contributed by atoms with E-state index in [1.165, 1.54) is 24.3 Å². The Bertz CT molecular complexity index is 521. The number of alkyl halides is 3. The van der Waals surface area contributed by atoms with Crippen molar-refractivity contribution in [2.75, 3.05) is 5.32 Å². The van der Waals surface area contributed by atoms with Gasteiger partial charge in [0.25, 0.3) is 0 Å². The van der Waals surface area contributed by atoms with Gasteiger partial charge in [-0.2, -0.15) is 8.78 Å². The zero-order chi connectivity index (χ0) is 15.6. The van der Waals surface area contributed by atoms with Gasteiger partial charge in [0.2, 0.25) is 0 Å². The molecule has 0 heterocycles. The molecule has 0 aliphatic rings. The minimum atomic E-state index is -4.01. The molecule has 4 nitrogen and oxygen atoms in total. The number of amides is 1. The lowest BCUT2D eigenvalue weighted by molar-refractivity contribution is -0.130. The minimum Gasteiger partial charge on any atom is -0.456 e. The third kappa shape index (κ3) is 5.13. The van der Waals surface area contributed by atoms with Gasteiger partial charge in [0.05, 0.1) is 5.56 Å². The van der Waals surface area contributed by atoms with Gasteiger partial charge in [-0.1, -0.05) is 6.07 Å². The van der Waals surface area contributed by atoms with Gasteiger partial charge in [-0.05, 0) is 50.6 Å². The molecule has 1 rings (SSSR count). The van der Waals surface area contributed by atoms with Crippen molar-refractivity contribution in [3.05, 3.63) is 29.8 Å². The summed E-state index contributed by atoms with van der Waals surface area (Å²) < 4.78 is 30.2. The highest BCUT2D eigenvalue weighted by molar-refractivity contribution is 6.33. The first-order chi connectivity index (χ1) is 8.99. The number of hydrogen-bond donors (Lipinski definition) is 1. The molecule has 0 aliphatic carbocycles. The molecule has 0 bridgehead atoms. The minimum absolute atomic E-state index is 0.0266. The van der Waals surface area contributed by atoms with Crippen LogP contribution in [0.1, 0.15) is 31.1 Å². The number of carbonyl (C=O) groups is 2. The van der Waals surface area contributed by atoms with E-state index in [9.17, 15) is 18.4 Å². The van der Waals surface area contributed by atoms with E-state index in [0.717, 1.165) is 0 Å². The first-order valence-corrected chi connectivity index (χ1v) is 6.08. The fourth-order valence-corrected chi connectivity index (χ4v) is 1.31. The van der Waals surface area contributed by atoms with Crippen molar-refractivity contribution in [1.82, 2.24) is 0 Å². The van der Waals surface area contributed by atoms with E-state index in [4.69, 9.17) is 4.74 Å². The molecule has 1 amide bonds. The Morgan fingerprint density at radius 1 is 1.25 bits per heavy atom. The predicted molar refractivity (Wildman–Crippen MR) is 71.0 cm³/mol. The maximum absolute atomic E-state index is 12.5. The molecular weight excluding hydrogens is 292 g/mol. The van der Waals surface area contributed by atoms with Crippen LogP contribution in [0.2, 0.25) is 0 Å². The highest BCUT2D eigenvalue weighted by Crippen LogP contribution is 2.22. The standard InChI is InChI=1S/C13H14ClF2NO3/c1-12(2,3)20-10(18)8-5-4-6-9(7-8)17-11(19)13(14,15)16/h4-7H,1-3H3,(H,17,19). The van der Waals surface area contributed by atoms with E-state index >= 15 is 0 Å².